The van der Waals surface area contributed by atoms with E-state index in [4.69, 9.17) is 11.5 Å². The summed E-state index contributed by atoms with van der Waals surface area (Å²) in [4.78, 5) is 41.4. The molecule has 0 aromatic rings. The first-order valence-electron chi connectivity index (χ1n) is 9.29. The molecule has 7 N–H and O–H groups in total. The van der Waals surface area contributed by atoms with Gasteiger partial charge < -0.3 is 27.4 Å². The summed E-state index contributed by atoms with van der Waals surface area (Å²) in [5.41, 5.74) is 9.59. The van der Waals surface area contributed by atoms with E-state index >= 15 is 0 Å². The van der Waals surface area contributed by atoms with Crippen LogP contribution in [0, 0.1) is 0 Å². The van der Waals surface area contributed by atoms with E-state index in [1.54, 1.807) is 0 Å². The second-order valence-electron chi connectivity index (χ2n) is 6.56. The van der Waals surface area contributed by atoms with Crippen LogP contribution in [-0.4, -0.2) is 48.4 Å². The van der Waals surface area contributed by atoms with E-state index in [9.17, 15) is 14.4 Å². The van der Waals surface area contributed by atoms with Crippen molar-refractivity contribution in [2.45, 2.75) is 70.4 Å². The topological polar surface area (TPSA) is 152 Å². The molecule has 9 nitrogen and oxygen atoms in total. The fraction of sp³-hybridized carbons (Fsp3) is 0.765. The number of nitrogens with zero attached hydrogens (tertiary/aromatic N) is 1. The molecule has 3 amide bonds. The van der Waals surface area contributed by atoms with Gasteiger partial charge in [-0.1, -0.05) is 13.8 Å². The van der Waals surface area contributed by atoms with Crippen molar-refractivity contribution in [3.8, 4) is 0 Å². The average molecular weight is 368 g/mol. The summed E-state index contributed by atoms with van der Waals surface area (Å²) in [5.74, 6) is -0.703. The van der Waals surface area contributed by atoms with Gasteiger partial charge in [0.1, 0.15) is 11.6 Å². The molecule has 0 aromatic carbocycles. The van der Waals surface area contributed by atoms with Gasteiger partial charge >= 0.3 is 0 Å². The first-order chi connectivity index (χ1) is 12.3. The zero-order valence-corrected chi connectivity index (χ0v) is 15.8. The average Bonchev–Trinajstić information content (AvgIpc) is 2.60. The Morgan fingerprint density at radius 2 is 1.88 bits per heavy atom. The number of hydrogen-bond donors (Lipinski definition) is 5. The van der Waals surface area contributed by atoms with Crippen molar-refractivity contribution >= 4 is 23.7 Å². The molecule has 1 fully saturated rings. The standard InChI is InChI=1S/C17H32N6O3/c1-3-17(4-2)15(26)22-12(8-7-11-21-16(18)19)14(25)20-10-6-5-9-13(24)23-17/h12H,3-11H2,1-2H3,(H,20,25)(H,22,26)(H,23,24)(H4,18,19,21)/t12-/m0/s1. The van der Waals surface area contributed by atoms with Crippen molar-refractivity contribution in [1.29, 1.82) is 0 Å². The second kappa shape index (κ2) is 10.6. The van der Waals surface area contributed by atoms with Crippen LogP contribution in [0.3, 0.4) is 0 Å². The SMILES string of the molecule is CCC1(CC)NC(=O)CCCCNC(=O)[C@H](CCCN=C(N)N)NC1=O. The molecule has 1 aliphatic rings. The predicted octanol–water partition coefficient (Wildman–Crippen LogP) is -0.500. The van der Waals surface area contributed by atoms with Crippen molar-refractivity contribution in [3.63, 3.8) is 0 Å². The van der Waals surface area contributed by atoms with Gasteiger partial charge in [0, 0.05) is 19.5 Å². The Kier molecular flexibility index (Phi) is 8.87. The third-order valence-corrected chi connectivity index (χ3v) is 4.72. The monoisotopic (exact) mass is 368 g/mol. The summed E-state index contributed by atoms with van der Waals surface area (Å²) < 4.78 is 0. The molecule has 0 unspecified atom stereocenters. The second-order valence-corrected chi connectivity index (χ2v) is 6.56. The molecule has 1 heterocycles. The van der Waals surface area contributed by atoms with Crippen LogP contribution in [0.1, 0.15) is 58.8 Å². The van der Waals surface area contributed by atoms with Gasteiger partial charge in [0.05, 0.1) is 0 Å². The quantitative estimate of drug-likeness (QED) is 0.243. The maximum absolute atomic E-state index is 12.9. The Balaban J connectivity index is 2.92. The summed E-state index contributed by atoms with van der Waals surface area (Å²) >= 11 is 0. The molecule has 148 valence electrons. The molecule has 26 heavy (non-hydrogen) atoms. The van der Waals surface area contributed by atoms with Gasteiger partial charge in [-0.05, 0) is 38.5 Å². The molecular formula is C17H32N6O3. The zero-order chi connectivity index (χ0) is 19.6. The highest BCUT2D eigenvalue weighted by Gasteiger charge is 2.38. The van der Waals surface area contributed by atoms with E-state index in [1.165, 1.54) is 0 Å². The van der Waals surface area contributed by atoms with Gasteiger partial charge in [-0.3, -0.25) is 19.4 Å². The third kappa shape index (κ3) is 6.53. The molecule has 1 aliphatic heterocycles. The van der Waals surface area contributed by atoms with Crippen molar-refractivity contribution in [1.82, 2.24) is 16.0 Å². The van der Waals surface area contributed by atoms with Crippen molar-refractivity contribution in [2.24, 2.45) is 16.5 Å². The van der Waals surface area contributed by atoms with Crippen molar-refractivity contribution in [2.75, 3.05) is 13.1 Å². The van der Waals surface area contributed by atoms with E-state index in [0.29, 0.717) is 58.0 Å². The van der Waals surface area contributed by atoms with E-state index in [0.717, 1.165) is 0 Å². The van der Waals surface area contributed by atoms with Crippen LogP contribution < -0.4 is 27.4 Å². The molecule has 0 aromatic heterocycles. The fourth-order valence-electron chi connectivity index (χ4n) is 2.95. The smallest absolute Gasteiger partial charge is 0.246 e. The van der Waals surface area contributed by atoms with Gasteiger partial charge in [-0.2, -0.15) is 0 Å². The van der Waals surface area contributed by atoms with E-state index in [-0.39, 0.29) is 23.7 Å². The first-order valence-corrected chi connectivity index (χ1v) is 9.29. The molecule has 9 heteroatoms. The zero-order valence-electron chi connectivity index (χ0n) is 15.8. The van der Waals surface area contributed by atoms with Gasteiger partial charge in [-0.15, -0.1) is 0 Å². The maximum atomic E-state index is 12.9. The lowest BCUT2D eigenvalue weighted by atomic mass is 9.90. The Hall–Kier alpha value is -2.32. The molecular weight excluding hydrogens is 336 g/mol. The molecule has 1 atom stereocenters. The minimum Gasteiger partial charge on any atom is -0.370 e. The minimum atomic E-state index is -1.01. The van der Waals surface area contributed by atoms with E-state index < -0.39 is 11.6 Å². The highest BCUT2D eigenvalue weighted by atomic mass is 16.2. The van der Waals surface area contributed by atoms with Gasteiger partial charge in [-0.25, -0.2) is 0 Å². The Bertz CT molecular complexity index is 527. The minimum absolute atomic E-state index is 0.00382. The Morgan fingerprint density at radius 1 is 1.19 bits per heavy atom. The molecule has 0 bridgehead atoms. The number of nitrogens with one attached hydrogen (secondary N) is 3. The first kappa shape index (κ1) is 21.7. The molecule has 0 saturated carbocycles. The van der Waals surface area contributed by atoms with Crippen molar-refractivity contribution < 1.29 is 14.4 Å². The summed E-state index contributed by atoms with van der Waals surface area (Å²) in [6.07, 6.45) is 3.56. The largest absolute Gasteiger partial charge is 0.370 e. The van der Waals surface area contributed by atoms with Crippen LogP contribution in [0.25, 0.3) is 0 Å². The summed E-state index contributed by atoms with van der Waals surface area (Å²) in [6, 6.07) is -0.689. The van der Waals surface area contributed by atoms with Gasteiger partial charge in [0.25, 0.3) is 0 Å². The third-order valence-electron chi connectivity index (χ3n) is 4.72. The number of nitrogens with two attached hydrogens (primary N) is 2. The fourth-order valence-corrected chi connectivity index (χ4v) is 2.95. The normalized spacial score (nSPS) is 21.5. The van der Waals surface area contributed by atoms with E-state index in [2.05, 4.69) is 20.9 Å². The molecule has 1 saturated heterocycles. The number of hydrogen-bond acceptors (Lipinski definition) is 4. The molecule has 1 rings (SSSR count). The van der Waals surface area contributed by atoms with Crippen LogP contribution in [0.4, 0.5) is 0 Å². The summed E-state index contributed by atoms with van der Waals surface area (Å²) in [5, 5.41) is 8.52. The number of carbonyl (C=O) groups excluding carboxylic acids is 3. The Labute approximate surface area is 154 Å². The lowest BCUT2D eigenvalue weighted by Crippen LogP contribution is -2.61. The highest BCUT2D eigenvalue weighted by molar-refractivity contribution is 5.95. The van der Waals surface area contributed by atoms with Gasteiger partial charge in [0.15, 0.2) is 5.96 Å². The number of carbonyl (C=O) groups is 3. The lowest BCUT2D eigenvalue weighted by molar-refractivity contribution is -0.136. The van der Waals surface area contributed by atoms with Crippen LogP contribution in [0.15, 0.2) is 4.99 Å². The molecule has 0 radical (unpaired) electrons. The summed E-state index contributed by atoms with van der Waals surface area (Å²) in [6.45, 7) is 4.55. The summed E-state index contributed by atoms with van der Waals surface area (Å²) in [7, 11) is 0. The predicted molar refractivity (Wildman–Crippen MR) is 100 cm³/mol. The van der Waals surface area contributed by atoms with Crippen LogP contribution in [0.2, 0.25) is 0 Å². The van der Waals surface area contributed by atoms with Crippen LogP contribution >= 0.6 is 0 Å². The number of aliphatic imine (C=N–C) groups is 1. The van der Waals surface area contributed by atoms with Crippen LogP contribution in [-0.2, 0) is 14.4 Å². The number of rotatable bonds is 6. The highest BCUT2D eigenvalue weighted by Crippen LogP contribution is 2.17. The molecule has 0 spiro atoms. The van der Waals surface area contributed by atoms with Gasteiger partial charge in [0.2, 0.25) is 17.7 Å². The van der Waals surface area contributed by atoms with E-state index in [1.807, 2.05) is 13.8 Å². The van der Waals surface area contributed by atoms with Crippen molar-refractivity contribution in [3.05, 3.63) is 0 Å². The molecule has 0 aliphatic carbocycles. The number of amides is 3. The Morgan fingerprint density at radius 3 is 2.50 bits per heavy atom. The number of guanidine groups is 1. The lowest BCUT2D eigenvalue weighted by Gasteiger charge is -2.33. The van der Waals surface area contributed by atoms with Crippen LogP contribution in [0.5, 0.6) is 0 Å². The maximum Gasteiger partial charge on any atom is 0.246 e.